The van der Waals surface area contributed by atoms with E-state index in [9.17, 15) is 21.8 Å². The molecular formula is C11H13ClFNO4S2. The fourth-order valence-corrected chi connectivity index (χ4v) is 2.75. The van der Waals surface area contributed by atoms with Crippen LogP contribution in [0.5, 0.6) is 0 Å². The highest BCUT2D eigenvalue weighted by Gasteiger charge is 2.15. The van der Waals surface area contributed by atoms with Crippen LogP contribution in [-0.2, 0) is 19.9 Å². The van der Waals surface area contributed by atoms with Gasteiger partial charge in [0.2, 0.25) is 0 Å². The fraction of sp³-hybridized carbons (Fsp3) is 0.364. The highest BCUT2D eigenvalue weighted by molar-refractivity contribution is 8.13. The van der Waals surface area contributed by atoms with E-state index in [-0.39, 0.29) is 12.1 Å². The largest absolute Gasteiger partial charge is 0.352 e. The van der Waals surface area contributed by atoms with Crippen LogP contribution in [0.15, 0.2) is 23.1 Å². The first kappa shape index (κ1) is 17.1. The predicted molar refractivity (Wildman–Crippen MR) is 75.3 cm³/mol. The molecule has 112 valence electrons. The van der Waals surface area contributed by atoms with Crippen LogP contribution in [0.2, 0.25) is 0 Å². The van der Waals surface area contributed by atoms with Crippen LogP contribution in [0, 0.1) is 5.82 Å². The molecule has 0 saturated carbocycles. The standard InChI is InChI=1S/C11H13ClFNO4S2/c1-19(16)4-2-3-14-11(15)8-5-9(13)7-10(6-8)20(12,17)18/h5-7H,2-4H2,1H3,(H,14,15). The van der Waals surface area contributed by atoms with Crippen LogP contribution in [0.3, 0.4) is 0 Å². The lowest BCUT2D eigenvalue weighted by atomic mass is 10.2. The molecule has 0 saturated heterocycles. The van der Waals surface area contributed by atoms with Crippen molar-refractivity contribution in [2.24, 2.45) is 0 Å². The number of nitrogens with one attached hydrogen (secondary N) is 1. The van der Waals surface area contributed by atoms with Crippen LogP contribution in [0.4, 0.5) is 4.39 Å². The van der Waals surface area contributed by atoms with Gasteiger partial charge in [-0.25, -0.2) is 12.8 Å². The second kappa shape index (κ2) is 7.14. The SMILES string of the molecule is CS(=O)CCCNC(=O)c1cc(F)cc(S(=O)(=O)Cl)c1. The number of carbonyl (C=O) groups excluding carboxylic acids is 1. The van der Waals surface area contributed by atoms with E-state index in [1.165, 1.54) is 0 Å². The van der Waals surface area contributed by atoms with E-state index < -0.39 is 36.5 Å². The minimum atomic E-state index is -4.11. The first-order chi connectivity index (χ1) is 9.20. The van der Waals surface area contributed by atoms with Gasteiger partial charge < -0.3 is 5.32 Å². The van der Waals surface area contributed by atoms with Crippen molar-refractivity contribution < 1.29 is 21.8 Å². The zero-order valence-corrected chi connectivity index (χ0v) is 12.9. The Hall–Kier alpha value is -0.990. The Morgan fingerprint density at radius 3 is 2.60 bits per heavy atom. The first-order valence-corrected chi connectivity index (χ1v) is 9.57. The molecule has 0 aliphatic rings. The summed E-state index contributed by atoms with van der Waals surface area (Å²) in [7, 11) is 0.0512. The highest BCUT2D eigenvalue weighted by Crippen LogP contribution is 2.18. The van der Waals surface area contributed by atoms with Crippen molar-refractivity contribution in [2.45, 2.75) is 11.3 Å². The number of hydrogen-bond donors (Lipinski definition) is 1. The van der Waals surface area contributed by atoms with Crippen molar-refractivity contribution in [1.29, 1.82) is 0 Å². The van der Waals surface area contributed by atoms with Crippen molar-refractivity contribution in [1.82, 2.24) is 5.32 Å². The van der Waals surface area contributed by atoms with Gasteiger partial charge in [0.15, 0.2) is 0 Å². The molecule has 1 amide bonds. The lowest BCUT2D eigenvalue weighted by molar-refractivity contribution is 0.0953. The summed E-state index contributed by atoms with van der Waals surface area (Å²) >= 11 is 0. The summed E-state index contributed by atoms with van der Waals surface area (Å²) in [5.41, 5.74) is -0.137. The maximum absolute atomic E-state index is 13.3. The molecule has 9 heteroatoms. The minimum absolute atomic E-state index is 0.137. The predicted octanol–water partition coefficient (Wildman–Crippen LogP) is 1.25. The van der Waals surface area contributed by atoms with Gasteiger partial charge in [-0.3, -0.25) is 9.00 Å². The van der Waals surface area contributed by atoms with Gasteiger partial charge in [0, 0.05) is 45.6 Å². The summed E-state index contributed by atoms with van der Waals surface area (Å²) < 4.78 is 46.4. The van der Waals surface area contributed by atoms with E-state index in [2.05, 4.69) is 5.32 Å². The average molecular weight is 342 g/mol. The molecule has 1 aromatic rings. The molecule has 1 aromatic carbocycles. The van der Waals surface area contributed by atoms with Crippen LogP contribution < -0.4 is 5.32 Å². The molecule has 0 aliphatic carbocycles. The number of benzene rings is 1. The Labute approximate surface area is 123 Å². The molecule has 5 nitrogen and oxygen atoms in total. The molecule has 1 unspecified atom stereocenters. The lowest BCUT2D eigenvalue weighted by Crippen LogP contribution is -2.25. The van der Waals surface area contributed by atoms with Gasteiger partial charge in [-0.1, -0.05) is 0 Å². The quantitative estimate of drug-likeness (QED) is 0.624. The molecule has 1 atom stereocenters. The third-order valence-corrected chi connectivity index (χ3v) is 4.51. The van der Waals surface area contributed by atoms with Crippen molar-refractivity contribution >= 4 is 36.4 Å². The van der Waals surface area contributed by atoms with E-state index >= 15 is 0 Å². The van der Waals surface area contributed by atoms with E-state index in [4.69, 9.17) is 10.7 Å². The van der Waals surface area contributed by atoms with E-state index in [1.807, 2.05) is 0 Å². The van der Waals surface area contributed by atoms with Crippen molar-refractivity contribution in [3.63, 3.8) is 0 Å². The smallest absolute Gasteiger partial charge is 0.261 e. The zero-order chi connectivity index (χ0) is 15.3. The van der Waals surface area contributed by atoms with Gasteiger partial charge >= 0.3 is 0 Å². The van der Waals surface area contributed by atoms with Gasteiger partial charge in [0.25, 0.3) is 15.0 Å². The third kappa shape index (κ3) is 5.56. The second-order valence-electron chi connectivity index (χ2n) is 4.00. The maximum atomic E-state index is 13.3. The Bertz CT molecular complexity index is 633. The van der Waals surface area contributed by atoms with E-state index in [0.29, 0.717) is 12.2 Å². The monoisotopic (exact) mass is 341 g/mol. The van der Waals surface area contributed by atoms with Crippen LogP contribution in [-0.4, -0.2) is 37.1 Å². The molecule has 0 heterocycles. The van der Waals surface area contributed by atoms with E-state index in [0.717, 1.165) is 18.2 Å². The molecular weight excluding hydrogens is 329 g/mol. The second-order valence-corrected chi connectivity index (χ2v) is 8.12. The molecule has 1 rings (SSSR count). The molecule has 0 spiro atoms. The Morgan fingerprint density at radius 1 is 1.40 bits per heavy atom. The number of amides is 1. The molecule has 0 fully saturated rings. The van der Waals surface area contributed by atoms with E-state index in [1.54, 1.807) is 6.26 Å². The summed E-state index contributed by atoms with van der Waals surface area (Å²) in [5, 5.41) is 2.48. The fourth-order valence-electron chi connectivity index (χ4n) is 1.41. The van der Waals surface area contributed by atoms with Crippen LogP contribution in [0.1, 0.15) is 16.8 Å². The average Bonchev–Trinajstić information content (AvgIpc) is 2.32. The van der Waals surface area contributed by atoms with Crippen molar-refractivity contribution in [2.75, 3.05) is 18.6 Å². The van der Waals surface area contributed by atoms with Gasteiger partial charge in [-0.05, 0) is 24.6 Å². The number of hydrogen-bond acceptors (Lipinski definition) is 4. The molecule has 0 radical (unpaired) electrons. The zero-order valence-electron chi connectivity index (χ0n) is 10.6. The van der Waals surface area contributed by atoms with Crippen LogP contribution >= 0.6 is 10.7 Å². The molecule has 0 bridgehead atoms. The Morgan fingerprint density at radius 2 is 2.05 bits per heavy atom. The van der Waals surface area contributed by atoms with Crippen molar-refractivity contribution in [3.05, 3.63) is 29.6 Å². The topological polar surface area (TPSA) is 80.3 Å². The first-order valence-electron chi connectivity index (χ1n) is 5.53. The summed E-state index contributed by atoms with van der Waals surface area (Å²) in [6.45, 7) is 0.262. The van der Waals surface area contributed by atoms with Gasteiger partial charge in [0.05, 0.1) is 4.90 Å². The van der Waals surface area contributed by atoms with Crippen molar-refractivity contribution in [3.8, 4) is 0 Å². The summed E-state index contributed by atoms with van der Waals surface area (Å²) in [6.07, 6.45) is 2.05. The lowest BCUT2D eigenvalue weighted by Gasteiger charge is -2.06. The van der Waals surface area contributed by atoms with Gasteiger partial charge in [0.1, 0.15) is 5.82 Å². The number of rotatable bonds is 6. The van der Waals surface area contributed by atoms with Crippen LogP contribution in [0.25, 0.3) is 0 Å². The summed E-state index contributed by atoms with van der Waals surface area (Å²) in [6, 6.07) is 2.65. The molecule has 0 aliphatic heterocycles. The van der Waals surface area contributed by atoms with Gasteiger partial charge in [-0.15, -0.1) is 0 Å². The molecule has 0 aromatic heterocycles. The minimum Gasteiger partial charge on any atom is -0.352 e. The van der Waals surface area contributed by atoms with Gasteiger partial charge in [-0.2, -0.15) is 0 Å². The third-order valence-electron chi connectivity index (χ3n) is 2.31. The molecule has 1 N–H and O–H groups in total. The number of carbonyl (C=O) groups is 1. The summed E-state index contributed by atoms with van der Waals surface area (Å²) in [4.78, 5) is 11.3. The number of halogens is 2. The maximum Gasteiger partial charge on any atom is 0.261 e. The summed E-state index contributed by atoms with van der Waals surface area (Å²) in [5.74, 6) is -1.05. The highest BCUT2D eigenvalue weighted by atomic mass is 35.7. The molecule has 20 heavy (non-hydrogen) atoms. The Kier molecular flexibility index (Phi) is 6.09. The Balaban J connectivity index is 2.78. The normalized spacial score (nSPS) is 12.9.